The van der Waals surface area contributed by atoms with Crippen molar-refractivity contribution in [2.45, 2.75) is 45.1 Å². The maximum absolute atomic E-state index is 12.6. The summed E-state index contributed by atoms with van der Waals surface area (Å²) in [7, 11) is 1.87. The third-order valence-corrected chi connectivity index (χ3v) is 6.07. The molecule has 2 aliphatic heterocycles. The average Bonchev–Trinajstić information content (AvgIpc) is 3.23. The van der Waals surface area contributed by atoms with E-state index in [0.29, 0.717) is 5.91 Å². The minimum atomic E-state index is -0.000694. The number of allylic oxidation sites excluding steroid dienone is 2. The highest BCUT2D eigenvalue weighted by atomic mass is 127. The SMILES string of the molecule is CN=C(NCC1CC=CCC1)N1CCN(C(C)C(=O)N2CCCC2)CC1.I. The molecule has 0 bridgehead atoms. The molecule has 2 atom stereocenters. The summed E-state index contributed by atoms with van der Waals surface area (Å²) in [6.45, 7) is 8.66. The van der Waals surface area contributed by atoms with Gasteiger partial charge in [-0.2, -0.15) is 0 Å². The number of piperazine rings is 1. The Labute approximate surface area is 181 Å². The van der Waals surface area contributed by atoms with E-state index in [9.17, 15) is 4.79 Å². The zero-order valence-electron chi connectivity index (χ0n) is 16.9. The van der Waals surface area contributed by atoms with Gasteiger partial charge in [-0.05, 0) is 44.9 Å². The molecule has 7 heteroatoms. The first-order valence-corrected chi connectivity index (χ1v) is 10.3. The molecule has 1 aliphatic carbocycles. The molecule has 1 N–H and O–H groups in total. The van der Waals surface area contributed by atoms with E-state index in [1.165, 1.54) is 19.3 Å². The van der Waals surface area contributed by atoms with Crippen molar-refractivity contribution in [1.82, 2.24) is 20.0 Å². The quantitative estimate of drug-likeness (QED) is 0.285. The highest BCUT2D eigenvalue weighted by Gasteiger charge is 2.30. The van der Waals surface area contributed by atoms with Crippen LogP contribution in [0.5, 0.6) is 0 Å². The van der Waals surface area contributed by atoms with E-state index >= 15 is 0 Å². The third-order valence-electron chi connectivity index (χ3n) is 6.07. The minimum absolute atomic E-state index is 0. The van der Waals surface area contributed by atoms with Gasteiger partial charge in [0.2, 0.25) is 5.91 Å². The highest BCUT2D eigenvalue weighted by Crippen LogP contribution is 2.17. The monoisotopic (exact) mass is 489 g/mol. The zero-order valence-corrected chi connectivity index (χ0v) is 19.2. The van der Waals surface area contributed by atoms with Gasteiger partial charge in [0.05, 0.1) is 6.04 Å². The standard InChI is InChI=1S/C20H35N5O.HI/c1-17(19(26)24-10-6-7-11-24)23-12-14-25(15-13-23)20(21-2)22-16-18-8-4-3-5-9-18;/h3-4,17-18H,5-16H2,1-2H3,(H,21,22);1H. The van der Waals surface area contributed by atoms with Gasteiger partial charge in [0.25, 0.3) is 0 Å². The lowest BCUT2D eigenvalue weighted by Gasteiger charge is -2.39. The van der Waals surface area contributed by atoms with Crippen molar-refractivity contribution in [3.05, 3.63) is 12.2 Å². The van der Waals surface area contributed by atoms with Crippen molar-refractivity contribution >= 4 is 35.8 Å². The van der Waals surface area contributed by atoms with Crippen LogP contribution < -0.4 is 5.32 Å². The van der Waals surface area contributed by atoms with Crippen molar-refractivity contribution in [2.75, 3.05) is 52.9 Å². The molecule has 0 aromatic heterocycles. The van der Waals surface area contributed by atoms with Crippen LogP contribution in [0, 0.1) is 5.92 Å². The summed E-state index contributed by atoms with van der Waals surface area (Å²) in [5.41, 5.74) is 0. The Bertz CT molecular complexity index is 524. The number of rotatable bonds is 4. The molecule has 0 aromatic rings. The highest BCUT2D eigenvalue weighted by molar-refractivity contribution is 14.0. The number of nitrogens with one attached hydrogen (secondary N) is 1. The molecule has 0 radical (unpaired) electrons. The summed E-state index contributed by atoms with van der Waals surface area (Å²) in [4.78, 5) is 23.8. The predicted octanol–water partition coefficient (Wildman–Crippen LogP) is 2.16. The van der Waals surface area contributed by atoms with Crippen molar-refractivity contribution in [3.63, 3.8) is 0 Å². The molecule has 6 nitrogen and oxygen atoms in total. The van der Waals surface area contributed by atoms with Crippen LogP contribution in [-0.2, 0) is 4.79 Å². The van der Waals surface area contributed by atoms with E-state index in [4.69, 9.17) is 0 Å². The minimum Gasteiger partial charge on any atom is -0.356 e. The van der Waals surface area contributed by atoms with Crippen LogP contribution in [0.15, 0.2) is 17.1 Å². The molecule has 0 aromatic carbocycles. The number of nitrogens with zero attached hydrogens (tertiary/aromatic N) is 4. The second-order valence-corrected chi connectivity index (χ2v) is 7.81. The molecule has 2 unspecified atom stereocenters. The number of carbonyl (C=O) groups is 1. The molecule has 2 saturated heterocycles. The smallest absolute Gasteiger partial charge is 0.239 e. The second kappa shape index (κ2) is 11.2. The molecular formula is C20H36IN5O. The molecule has 2 heterocycles. The van der Waals surface area contributed by atoms with Crippen molar-refractivity contribution in [3.8, 4) is 0 Å². The molecule has 1 amide bonds. The van der Waals surface area contributed by atoms with Gasteiger partial charge in [-0.1, -0.05) is 12.2 Å². The fourth-order valence-electron chi connectivity index (χ4n) is 4.29. The van der Waals surface area contributed by atoms with Crippen LogP contribution in [0.2, 0.25) is 0 Å². The summed E-state index contributed by atoms with van der Waals surface area (Å²) in [5, 5.41) is 3.57. The van der Waals surface area contributed by atoms with Gasteiger partial charge in [0.1, 0.15) is 0 Å². The van der Waals surface area contributed by atoms with Crippen LogP contribution in [-0.4, -0.2) is 85.5 Å². The molecule has 0 spiro atoms. The van der Waals surface area contributed by atoms with Crippen molar-refractivity contribution < 1.29 is 4.79 Å². The number of aliphatic imine (C=N–C) groups is 1. The van der Waals surface area contributed by atoms with E-state index in [1.54, 1.807) is 0 Å². The maximum atomic E-state index is 12.6. The fraction of sp³-hybridized carbons (Fsp3) is 0.800. The van der Waals surface area contributed by atoms with E-state index in [2.05, 4.69) is 39.2 Å². The van der Waals surface area contributed by atoms with E-state index in [-0.39, 0.29) is 30.0 Å². The average molecular weight is 489 g/mol. The van der Waals surface area contributed by atoms with E-state index in [1.807, 2.05) is 11.9 Å². The van der Waals surface area contributed by atoms with Crippen molar-refractivity contribution in [2.24, 2.45) is 10.9 Å². The Morgan fingerprint density at radius 3 is 2.41 bits per heavy atom. The van der Waals surface area contributed by atoms with E-state index < -0.39 is 0 Å². The van der Waals surface area contributed by atoms with Gasteiger partial charge in [-0.25, -0.2) is 0 Å². The number of guanidine groups is 1. The number of amides is 1. The second-order valence-electron chi connectivity index (χ2n) is 7.81. The topological polar surface area (TPSA) is 51.2 Å². The lowest BCUT2D eigenvalue weighted by Crippen LogP contribution is -2.57. The Balaban J connectivity index is 0.00000261. The van der Waals surface area contributed by atoms with Gasteiger partial charge in [-0.3, -0.25) is 14.7 Å². The van der Waals surface area contributed by atoms with Crippen molar-refractivity contribution in [1.29, 1.82) is 0 Å². The zero-order chi connectivity index (χ0) is 18.4. The van der Waals surface area contributed by atoms with Crippen LogP contribution in [0.25, 0.3) is 0 Å². The fourth-order valence-corrected chi connectivity index (χ4v) is 4.29. The molecule has 2 fully saturated rings. The maximum Gasteiger partial charge on any atom is 0.239 e. The Hall–Kier alpha value is -0.830. The number of hydrogen-bond donors (Lipinski definition) is 1. The summed E-state index contributed by atoms with van der Waals surface area (Å²) in [5.74, 6) is 2.04. The van der Waals surface area contributed by atoms with Gasteiger partial charge < -0.3 is 15.1 Å². The molecular weight excluding hydrogens is 453 g/mol. The first-order valence-electron chi connectivity index (χ1n) is 10.3. The largest absolute Gasteiger partial charge is 0.356 e. The molecule has 3 aliphatic rings. The third kappa shape index (κ3) is 6.07. The predicted molar refractivity (Wildman–Crippen MR) is 122 cm³/mol. The van der Waals surface area contributed by atoms with Crippen LogP contribution in [0.3, 0.4) is 0 Å². The normalized spacial score (nSPS) is 25.3. The first-order chi connectivity index (χ1) is 12.7. The lowest BCUT2D eigenvalue weighted by molar-refractivity contribution is -0.135. The first kappa shape index (κ1) is 22.5. The Morgan fingerprint density at radius 2 is 1.81 bits per heavy atom. The van der Waals surface area contributed by atoms with Crippen LogP contribution in [0.1, 0.15) is 39.0 Å². The number of likely N-dealkylation sites (tertiary alicyclic amines) is 1. The number of halogens is 1. The molecule has 154 valence electrons. The lowest BCUT2D eigenvalue weighted by atomic mass is 9.94. The number of carbonyl (C=O) groups excluding carboxylic acids is 1. The summed E-state index contributed by atoms with van der Waals surface area (Å²) in [6, 6.07) is -0.000694. The van der Waals surface area contributed by atoms with E-state index in [0.717, 1.165) is 70.5 Å². The van der Waals surface area contributed by atoms with Gasteiger partial charge in [0.15, 0.2) is 5.96 Å². The van der Waals surface area contributed by atoms with Gasteiger partial charge in [0, 0.05) is 52.9 Å². The van der Waals surface area contributed by atoms with Gasteiger partial charge in [-0.15, -0.1) is 24.0 Å². The van der Waals surface area contributed by atoms with Gasteiger partial charge >= 0.3 is 0 Å². The molecule has 3 rings (SSSR count). The summed E-state index contributed by atoms with van der Waals surface area (Å²) in [6.07, 6.45) is 10.5. The summed E-state index contributed by atoms with van der Waals surface area (Å²) < 4.78 is 0. The summed E-state index contributed by atoms with van der Waals surface area (Å²) >= 11 is 0. The Kier molecular flexibility index (Phi) is 9.35. The van der Waals surface area contributed by atoms with Crippen LogP contribution in [0.4, 0.5) is 0 Å². The molecule has 0 saturated carbocycles. The van der Waals surface area contributed by atoms with Crippen LogP contribution >= 0.6 is 24.0 Å². The number of hydrogen-bond acceptors (Lipinski definition) is 3. The Morgan fingerprint density at radius 1 is 1.11 bits per heavy atom. The molecule has 27 heavy (non-hydrogen) atoms.